The quantitative estimate of drug-likeness (QED) is 0.893. The van der Waals surface area contributed by atoms with E-state index < -0.39 is 6.10 Å². The summed E-state index contributed by atoms with van der Waals surface area (Å²) in [4.78, 5) is 12.2. The lowest BCUT2D eigenvalue weighted by Gasteiger charge is -2.19. The van der Waals surface area contributed by atoms with Crippen molar-refractivity contribution in [2.75, 3.05) is 0 Å². The van der Waals surface area contributed by atoms with Crippen LogP contribution >= 0.6 is 11.6 Å². The Labute approximate surface area is 136 Å². The molecule has 0 saturated carbocycles. The van der Waals surface area contributed by atoms with Crippen molar-refractivity contribution in [2.45, 2.75) is 32.9 Å². The lowest BCUT2D eigenvalue weighted by Crippen LogP contribution is -2.37. The highest BCUT2D eigenvalue weighted by atomic mass is 35.5. The number of halogens is 1. The van der Waals surface area contributed by atoms with Crippen LogP contribution in [0.3, 0.4) is 0 Å². The van der Waals surface area contributed by atoms with Gasteiger partial charge in [-0.25, -0.2) is 0 Å². The number of hydrogen-bond acceptors (Lipinski definition) is 2. The van der Waals surface area contributed by atoms with Gasteiger partial charge in [0.1, 0.15) is 5.75 Å². The molecule has 0 bridgehead atoms. The highest BCUT2D eigenvalue weighted by Gasteiger charge is 2.18. The molecule has 0 aromatic heterocycles. The SMILES string of the molecule is Cc1ccc(C(C)NC(=O)C(C)Oc2ccccc2Cl)cc1. The lowest BCUT2D eigenvalue weighted by atomic mass is 10.1. The molecule has 0 aliphatic rings. The molecule has 2 atom stereocenters. The largest absolute Gasteiger partial charge is 0.479 e. The highest BCUT2D eigenvalue weighted by Crippen LogP contribution is 2.24. The fraction of sp³-hybridized carbons (Fsp3) is 0.278. The molecule has 2 rings (SSSR count). The van der Waals surface area contributed by atoms with Gasteiger partial charge in [0.15, 0.2) is 6.10 Å². The maximum atomic E-state index is 12.2. The van der Waals surface area contributed by atoms with Gasteiger partial charge in [-0.3, -0.25) is 4.79 Å². The molecule has 0 aliphatic heterocycles. The summed E-state index contributed by atoms with van der Waals surface area (Å²) in [6.45, 7) is 5.69. The summed E-state index contributed by atoms with van der Waals surface area (Å²) in [6, 6.07) is 15.1. The first-order chi connectivity index (χ1) is 10.5. The number of rotatable bonds is 5. The summed E-state index contributed by atoms with van der Waals surface area (Å²) < 4.78 is 5.62. The van der Waals surface area contributed by atoms with Gasteiger partial charge >= 0.3 is 0 Å². The molecular weight excluding hydrogens is 298 g/mol. The summed E-state index contributed by atoms with van der Waals surface area (Å²) in [5, 5.41) is 3.44. The van der Waals surface area contributed by atoms with E-state index in [1.807, 2.05) is 50.2 Å². The second-order valence-corrected chi connectivity index (χ2v) is 5.74. The van der Waals surface area contributed by atoms with Crippen molar-refractivity contribution >= 4 is 17.5 Å². The van der Waals surface area contributed by atoms with Crippen molar-refractivity contribution in [3.8, 4) is 5.75 Å². The minimum Gasteiger partial charge on any atom is -0.479 e. The first-order valence-corrected chi connectivity index (χ1v) is 7.63. The average molecular weight is 318 g/mol. The number of aryl methyl sites for hydroxylation is 1. The Morgan fingerprint density at radius 2 is 1.73 bits per heavy atom. The van der Waals surface area contributed by atoms with Crippen LogP contribution in [-0.4, -0.2) is 12.0 Å². The molecule has 116 valence electrons. The van der Waals surface area contributed by atoms with Crippen molar-refractivity contribution in [3.63, 3.8) is 0 Å². The van der Waals surface area contributed by atoms with Crippen molar-refractivity contribution < 1.29 is 9.53 Å². The smallest absolute Gasteiger partial charge is 0.261 e. The minimum absolute atomic E-state index is 0.0783. The molecular formula is C18H20ClNO2. The van der Waals surface area contributed by atoms with Gasteiger partial charge in [0.2, 0.25) is 0 Å². The van der Waals surface area contributed by atoms with Crippen LogP contribution in [-0.2, 0) is 4.79 Å². The standard InChI is InChI=1S/C18H20ClNO2/c1-12-8-10-15(11-9-12)13(2)20-18(21)14(3)22-17-7-5-4-6-16(17)19/h4-11,13-14H,1-3H3,(H,20,21). The van der Waals surface area contributed by atoms with Gasteiger partial charge in [0, 0.05) is 0 Å². The Morgan fingerprint density at radius 1 is 1.09 bits per heavy atom. The molecule has 2 unspecified atom stereocenters. The summed E-state index contributed by atoms with van der Waals surface area (Å²) in [6.07, 6.45) is -0.618. The van der Waals surface area contributed by atoms with Crippen LogP contribution in [0.15, 0.2) is 48.5 Å². The van der Waals surface area contributed by atoms with Crippen LogP contribution in [0.2, 0.25) is 5.02 Å². The molecule has 0 saturated heterocycles. The number of carbonyl (C=O) groups excluding carboxylic acids is 1. The third-order valence-corrected chi connectivity index (χ3v) is 3.76. The predicted octanol–water partition coefficient (Wildman–Crippen LogP) is 4.29. The molecule has 0 spiro atoms. The normalized spacial score (nSPS) is 13.3. The van der Waals surface area contributed by atoms with Gasteiger partial charge in [-0.15, -0.1) is 0 Å². The van der Waals surface area contributed by atoms with Crippen molar-refractivity contribution in [1.29, 1.82) is 0 Å². The molecule has 1 N–H and O–H groups in total. The van der Waals surface area contributed by atoms with Crippen LogP contribution in [0.5, 0.6) is 5.75 Å². The number of amides is 1. The third-order valence-electron chi connectivity index (χ3n) is 3.45. The average Bonchev–Trinajstić information content (AvgIpc) is 2.50. The van der Waals surface area contributed by atoms with Crippen LogP contribution in [0.4, 0.5) is 0 Å². The maximum absolute atomic E-state index is 12.2. The summed E-state index contributed by atoms with van der Waals surface area (Å²) in [5.41, 5.74) is 2.25. The Bertz CT molecular complexity index is 640. The van der Waals surface area contributed by atoms with E-state index in [1.54, 1.807) is 19.1 Å². The van der Waals surface area contributed by atoms with E-state index in [0.29, 0.717) is 10.8 Å². The van der Waals surface area contributed by atoms with E-state index in [4.69, 9.17) is 16.3 Å². The number of nitrogens with one attached hydrogen (secondary N) is 1. The molecule has 22 heavy (non-hydrogen) atoms. The second-order valence-electron chi connectivity index (χ2n) is 5.33. The Balaban J connectivity index is 1.96. The highest BCUT2D eigenvalue weighted by molar-refractivity contribution is 6.32. The summed E-state index contributed by atoms with van der Waals surface area (Å²) in [7, 11) is 0. The zero-order valence-corrected chi connectivity index (χ0v) is 13.7. The van der Waals surface area contributed by atoms with Crippen LogP contribution < -0.4 is 10.1 Å². The van der Waals surface area contributed by atoms with Gasteiger partial charge in [-0.2, -0.15) is 0 Å². The monoisotopic (exact) mass is 317 g/mol. The van der Waals surface area contributed by atoms with E-state index in [0.717, 1.165) is 5.56 Å². The molecule has 0 heterocycles. The molecule has 4 heteroatoms. The van der Waals surface area contributed by atoms with Crippen LogP contribution in [0, 0.1) is 6.92 Å². The summed E-state index contributed by atoms with van der Waals surface area (Å²) in [5.74, 6) is 0.336. The molecule has 3 nitrogen and oxygen atoms in total. The number of hydrogen-bond donors (Lipinski definition) is 1. The van der Waals surface area contributed by atoms with Crippen LogP contribution in [0.1, 0.15) is 31.0 Å². The molecule has 0 aliphatic carbocycles. The third kappa shape index (κ3) is 4.25. The lowest BCUT2D eigenvalue weighted by molar-refractivity contribution is -0.127. The van der Waals surface area contributed by atoms with Gasteiger partial charge < -0.3 is 10.1 Å². The number of para-hydroxylation sites is 1. The molecule has 1 amide bonds. The first-order valence-electron chi connectivity index (χ1n) is 7.25. The van der Waals surface area contributed by atoms with Crippen molar-refractivity contribution in [3.05, 3.63) is 64.7 Å². The van der Waals surface area contributed by atoms with Gasteiger partial charge in [0.25, 0.3) is 5.91 Å². The molecule has 0 fully saturated rings. The molecule has 2 aromatic rings. The maximum Gasteiger partial charge on any atom is 0.261 e. The Kier molecular flexibility index (Phi) is 5.45. The minimum atomic E-state index is -0.618. The zero-order valence-electron chi connectivity index (χ0n) is 13.0. The first kappa shape index (κ1) is 16.4. The van der Waals surface area contributed by atoms with E-state index >= 15 is 0 Å². The van der Waals surface area contributed by atoms with E-state index in [2.05, 4.69) is 5.32 Å². The number of carbonyl (C=O) groups is 1. The molecule has 0 radical (unpaired) electrons. The van der Waals surface area contributed by atoms with E-state index in [9.17, 15) is 4.79 Å². The van der Waals surface area contributed by atoms with Gasteiger partial charge in [-0.1, -0.05) is 53.6 Å². The van der Waals surface area contributed by atoms with E-state index in [-0.39, 0.29) is 11.9 Å². The predicted molar refractivity (Wildman–Crippen MR) is 89.3 cm³/mol. The van der Waals surface area contributed by atoms with Gasteiger partial charge in [-0.05, 0) is 38.5 Å². The Hall–Kier alpha value is -2.00. The van der Waals surface area contributed by atoms with Crippen molar-refractivity contribution in [1.82, 2.24) is 5.32 Å². The summed E-state index contributed by atoms with van der Waals surface area (Å²) >= 11 is 6.03. The van der Waals surface area contributed by atoms with Gasteiger partial charge in [0.05, 0.1) is 11.1 Å². The van der Waals surface area contributed by atoms with E-state index in [1.165, 1.54) is 5.56 Å². The van der Waals surface area contributed by atoms with Crippen molar-refractivity contribution in [2.24, 2.45) is 0 Å². The second kappa shape index (κ2) is 7.32. The zero-order chi connectivity index (χ0) is 16.1. The molecule has 2 aromatic carbocycles. The van der Waals surface area contributed by atoms with Crippen LogP contribution in [0.25, 0.3) is 0 Å². The number of ether oxygens (including phenoxy) is 1. The topological polar surface area (TPSA) is 38.3 Å². The number of benzene rings is 2. The fourth-order valence-corrected chi connectivity index (χ4v) is 2.23. The fourth-order valence-electron chi connectivity index (χ4n) is 2.05. The Morgan fingerprint density at radius 3 is 2.36 bits per heavy atom.